The Labute approximate surface area is 125 Å². The second kappa shape index (κ2) is 8.49. The van der Waals surface area contributed by atoms with E-state index in [2.05, 4.69) is 9.97 Å². The van der Waals surface area contributed by atoms with Crippen LogP contribution in [0, 0.1) is 0 Å². The van der Waals surface area contributed by atoms with E-state index in [9.17, 15) is 10.2 Å². The molecular weight excluding hydrogens is 264 g/mol. The minimum atomic E-state index is 0.162. The standard InChI is InChI=1S/C17H22N2O2/c20-11-5-16(14-1-7-18-8-2-14)13-17(6-12-21)15-3-9-19-10-4-15/h1-4,7-10,16-17,20-21H,5-6,11-13H2/t16-,17+. The van der Waals surface area contributed by atoms with Crippen molar-refractivity contribution >= 4 is 0 Å². The number of hydrogen-bond acceptors (Lipinski definition) is 4. The van der Waals surface area contributed by atoms with E-state index in [0.717, 1.165) is 19.3 Å². The minimum Gasteiger partial charge on any atom is -0.396 e. The first-order valence-electron chi connectivity index (χ1n) is 7.36. The number of rotatable bonds is 8. The van der Waals surface area contributed by atoms with Crippen molar-refractivity contribution in [2.75, 3.05) is 13.2 Å². The molecule has 21 heavy (non-hydrogen) atoms. The Kier molecular flexibility index (Phi) is 6.31. The average Bonchev–Trinajstić information content (AvgIpc) is 2.55. The van der Waals surface area contributed by atoms with Crippen LogP contribution >= 0.6 is 0 Å². The molecule has 0 saturated heterocycles. The van der Waals surface area contributed by atoms with E-state index >= 15 is 0 Å². The zero-order valence-electron chi connectivity index (χ0n) is 12.1. The summed E-state index contributed by atoms with van der Waals surface area (Å²) in [6.07, 6.45) is 9.48. The molecule has 0 saturated carbocycles. The fourth-order valence-electron chi connectivity index (χ4n) is 2.77. The van der Waals surface area contributed by atoms with E-state index in [0.29, 0.717) is 0 Å². The molecule has 0 radical (unpaired) electrons. The van der Waals surface area contributed by atoms with E-state index in [1.54, 1.807) is 24.8 Å². The zero-order valence-corrected chi connectivity index (χ0v) is 12.1. The lowest BCUT2D eigenvalue weighted by Gasteiger charge is -2.23. The van der Waals surface area contributed by atoms with Crippen LogP contribution in [0.5, 0.6) is 0 Å². The molecule has 4 nitrogen and oxygen atoms in total. The molecule has 0 aliphatic heterocycles. The van der Waals surface area contributed by atoms with Gasteiger partial charge in [0.1, 0.15) is 0 Å². The van der Waals surface area contributed by atoms with Crippen LogP contribution in [0.25, 0.3) is 0 Å². The molecule has 0 bridgehead atoms. The van der Waals surface area contributed by atoms with E-state index < -0.39 is 0 Å². The summed E-state index contributed by atoms with van der Waals surface area (Å²) in [6.45, 7) is 0.324. The SMILES string of the molecule is OCC[C@H](C[C@H](CCO)c1ccncc1)c1ccncc1. The van der Waals surface area contributed by atoms with E-state index in [-0.39, 0.29) is 25.0 Å². The summed E-state index contributed by atoms with van der Waals surface area (Å²) >= 11 is 0. The Morgan fingerprint density at radius 2 is 1.10 bits per heavy atom. The number of hydrogen-bond donors (Lipinski definition) is 2. The fourth-order valence-corrected chi connectivity index (χ4v) is 2.77. The van der Waals surface area contributed by atoms with Crippen molar-refractivity contribution in [2.24, 2.45) is 0 Å². The van der Waals surface area contributed by atoms with Crippen LogP contribution in [0.3, 0.4) is 0 Å². The van der Waals surface area contributed by atoms with Gasteiger partial charge in [0, 0.05) is 38.0 Å². The van der Waals surface area contributed by atoms with Gasteiger partial charge in [-0.1, -0.05) is 0 Å². The van der Waals surface area contributed by atoms with Gasteiger partial charge in [-0.15, -0.1) is 0 Å². The molecular formula is C17H22N2O2. The van der Waals surface area contributed by atoms with Crippen LogP contribution in [0.2, 0.25) is 0 Å². The maximum absolute atomic E-state index is 9.34. The molecule has 2 rings (SSSR count). The number of pyridine rings is 2. The summed E-state index contributed by atoms with van der Waals surface area (Å²) in [5.41, 5.74) is 2.38. The van der Waals surface area contributed by atoms with Gasteiger partial charge < -0.3 is 10.2 Å². The number of aliphatic hydroxyl groups is 2. The van der Waals surface area contributed by atoms with Crippen molar-refractivity contribution in [1.29, 1.82) is 0 Å². The summed E-state index contributed by atoms with van der Waals surface area (Å²) in [5, 5.41) is 18.7. The van der Waals surface area contributed by atoms with E-state index in [4.69, 9.17) is 0 Å². The molecule has 2 aromatic rings. The van der Waals surface area contributed by atoms with Gasteiger partial charge in [-0.25, -0.2) is 0 Å². The molecule has 0 aliphatic rings. The monoisotopic (exact) mass is 286 g/mol. The quantitative estimate of drug-likeness (QED) is 0.782. The summed E-state index contributed by atoms with van der Waals surface area (Å²) in [5.74, 6) is 0.533. The van der Waals surface area contributed by atoms with Crippen LogP contribution in [-0.2, 0) is 0 Å². The van der Waals surface area contributed by atoms with Crippen molar-refractivity contribution in [2.45, 2.75) is 31.1 Å². The maximum Gasteiger partial charge on any atom is 0.0436 e. The van der Waals surface area contributed by atoms with Crippen LogP contribution in [0.15, 0.2) is 49.1 Å². The molecule has 0 unspecified atom stereocenters. The number of nitrogens with zero attached hydrogens (tertiary/aromatic N) is 2. The topological polar surface area (TPSA) is 66.2 Å². The molecule has 0 fully saturated rings. The Morgan fingerprint density at radius 3 is 1.43 bits per heavy atom. The first kappa shape index (κ1) is 15.6. The number of aromatic nitrogens is 2. The second-order valence-electron chi connectivity index (χ2n) is 5.22. The van der Waals surface area contributed by atoms with Crippen LogP contribution in [0.1, 0.15) is 42.2 Å². The Hall–Kier alpha value is -1.78. The highest BCUT2D eigenvalue weighted by Crippen LogP contribution is 2.33. The largest absolute Gasteiger partial charge is 0.396 e. The summed E-state index contributed by atoms with van der Waals surface area (Å²) in [4.78, 5) is 8.10. The number of aliphatic hydroxyl groups excluding tert-OH is 2. The van der Waals surface area contributed by atoms with Gasteiger partial charge in [-0.3, -0.25) is 9.97 Å². The third-order valence-corrected chi connectivity index (χ3v) is 3.88. The molecule has 2 aromatic heterocycles. The molecule has 112 valence electrons. The molecule has 2 atom stereocenters. The van der Waals surface area contributed by atoms with Gasteiger partial charge >= 0.3 is 0 Å². The predicted molar refractivity (Wildman–Crippen MR) is 82.0 cm³/mol. The first-order chi connectivity index (χ1) is 10.3. The molecule has 4 heteroatoms. The van der Waals surface area contributed by atoms with Crippen molar-refractivity contribution in [1.82, 2.24) is 9.97 Å². The van der Waals surface area contributed by atoms with Crippen LogP contribution in [-0.4, -0.2) is 33.4 Å². The Bertz CT molecular complexity index is 457. The molecule has 0 spiro atoms. The summed E-state index contributed by atoms with van der Waals surface area (Å²) in [6, 6.07) is 8.01. The second-order valence-corrected chi connectivity index (χ2v) is 5.22. The summed E-state index contributed by atoms with van der Waals surface area (Å²) in [7, 11) is 0. The fraction of sp³-hybridized carbons (Fsp3) is 0.412. The van der Waals surface area contributed by atoms with Crippen molar-refractivity contribution in [3.05, 3.63) is 60.2 Å². The van der Waals surface area contributed by atoms with Crippen molar-refractivity contribution < 1.29 is 10.2 Å². The molecule has 2 N–H and O–H groups in total. The lowest BCUT2D eigenvalue weighted by atomic mass is 9.82. The lowest BCUT2D eigenvalue weighted by molar-refractivity contribution is 0.253. The third kappa shape index (κ3) is 4.62. The van der Waals surface area contributed by atoms with Crippen LogP contribution < -0.4 is 0 Å². The highest BCUT2D eigenvalue weighted by molar-refractivity contribution is 5.20. The summed E-state index contributed by atoms with van der Waals surface area (Å²) < 4.78 is 0. The zero-order chi connectivity index (χ0) is 14.9. The first-order valence-corrected chi connectivity index (χ1v) is 7.36. The van der Waals surface area contributed by atoms with Crippen LogP contribution in [0.4, 0.5) is 0 Å². The Balaban J connectivity index is 2.16. The highest BCUT2D eigenvalue weighted by Gasteiger charge is 2.19. The van der Waals surface area contributed by atoms with E-state index in [1.807, 2.05) is 24.3 Å². The van der Waals surface area contributed by atoms with Crippen molar-refractivity contribution in [3.63, 3.8) is 0 Å². The third-order valence-electron chi connectivity index (χ3n) is 3.88. The van der Waals surface area contributed by atoms with Crippen molar-refractivity contribution in [3.8, 4) is 0 Å². The predicted octanol–water partition coefficient (Wildman–Crippen LogP) is 2.50. The van der Waals surface area contributed by atoms with Gasteiger partial charge in [0.05, 0.1) is 0 Å². The maximum atomic E-state index is 9.34. The van der Waals surface area contributed by atoms with Gasteiger partial charge in [-0.2, -0.15) is 0 Å². The van der Waals surface area contributed by atoms with Gasteiger partial charge in [-0.05, 0) is 66.5 Å². The lowest BCUT2D eigenvalue weighted by Crippen LogP contribution is -2.10. The van der Waals surface area contributed by atoms with Gasteiger partial charge in [0.25, 0.3) is 0 Å². The average molecular weight is 286 g/mol. The van der Waals surface area contributed by atoms with E-state index in [1.165, 1.54) is 11.1 Å². The highest BCUT2D eigenvalue weighted by atomic mass is 16.3. The molecule has 0 amide bonds. The Morgan fingerprint density at radius 1 is 0.714 bits per heavy atom. The van der Waals surface area contributed by atoms with Gasteiger partial charge in [0.15, 0.2) is 0 Å². The molecule has 0 aliphatic carbocycles. The molecule has 2 heterocycles. The smallest absolute Gasteiger partial charge is 0.0436 e. The van der Waals surface area contributed by atoms with Gasteiger partial charge in [0.2, 0.25) is 0 Å². The molecule has 0 aromatic carbocycles. The normalized spacial score (nSPS) is 13.8. The minimum absolute atomic E-state index is 0.162.